The molecule has 1 aromatic rings. The number of carbonyl (C=O) groups excluding carboxylic acids is 1. The molecule has 2 atom stereocenters. The van der Waals surface area contributed by atoms with Crippen LogP contribution in [0.4, 0.5) is 0 Å². The lowest BCUT2D eigenvalue weighted by Gasteiger charge is -2.38. The Hall–Kier alpha value is -1.32. The topological polar surface area (TPSA) is 46.3 Å². The summed E-state index contributed by atoms with van der Waals surface area (Å²) in [5, 5.41) is 4.17. The number of nitrogens with zero attached hydrogens (tertiary/aromatic N) is 2. The zero-order valence-electron chi connectivity index (χ0n) is 13.4. The van der Waals surface area contributed by atoms with Crippen molar-refractivity contribution in [3.63, 3.8) is 0 Å². The summed E-state index contributed by atoms with van der Waals surface area (Å²) in [4.78, 5) is 15.3. The second kappa shape index (κ2) is 6.05. The highest BCUT2D eigenvalue weighted by atomic mass is 16.5. The normalized spacial score (nSPS) is 28.6. The third kappa shape index (κ3) is 2.46. The van der Waals surface area contributed by atoms with E-state index in [4.69, 9.17) is 4.52 Å². The van der Waals surface area contributed by atoms with E-state index in [0.29, 0.717) is 17.7 Å². The molecule has 0 aromatic carbocycles. The minimum Gasteiger partial charge on any atom is -0.360 e. The van der Waals surface area contributed by atoms with Crippen molar-refractivity contribution in [2.75, 3.05) is 6.54 Å². The lowest BCUT2D eigenvalue weighted by atomic mass is 9.81. The minimum absolute atomic E-state index is 0.144. The number of fused-ring (bicyclic) bond motifs is 2. The fourth-order valence-electron chi connectivity index (χ4n) is 4.73. The number of hydrogen-bond acceptors (Lipinski definition) is 3. The van der Waals surface area contributed by atoms with Gasteiger partial charge in [0.2, 0.25) is 0 Å². The van der Waals surface area contributed by atoms with Crippen LogP contribution >= 0.6 is 0 Å². The maximum Gasteiger partial charge on any atom is 0.276 e. The molecule has 2 fully saturated rings. The second-order valence-corrected chi connectivity index (χ2v) is 7.25. The van der Waals surface area contributed by atoms with Crippen molar-refractivity contribution in [3.8, 4) is 0 Å². The van der Waals surface area contributed by atoms with Gasteiger partial charge in [-0.15, -0.1) is 0 Å². The van der Waals surface area contributed by atoms with Crippen LogP contribution in [0.15, 0.2) is 4.52 Å². The summed E-state index contributed by atoms with van der Waals surface area (Å²) in [5.41, 5.74) is 1.73. The highest BCUT2D eigenvalue weighted by Gasteiger charge is 2.37. The van der Waals surface area contributed by atoms with Crippen LogP contribution in [0.2, 0.25) is 0 Å². The molecule has 4 nitrogen and oxygen atoms in total. The van der Waals surface area contributed by atoms with Gasteiger partial charge in [0.25, 0.3) is 5.91 Å². The van der Waals surface area contributed by atoms with Gasteiger partial charge in [-0.05, 0) is 50.9 Å². The van der Waals surface area contributed by atoms with Crippen LogP contribution in [0.5, 0.6) is 0 Å². The number of aromatic nitrogens is 1. The number of carbonyl (C=O) groups is 1. The van der Waals surface area contributed by atoms with Crippen molar-refractivity contribution >= 4 is 5.91 Å². The van der Waals surface area contributed by atoms with Crippen LogP contribution in [-0.4, -0.2) is 28.6 Å². The van der Waals surface area contributed by atoms with Gasteiger partial charge in [0.1, 0.15) is 5.76 Å². The standard InChI is InChI=1S/C18H26N2O2/c21-18(17-14-9-2-4-11-16(14)22-19-17)20-12-6-5-8-13-7-1-3-10-15(13)20/h13,15H,1-12H2/t13-,15+/m0/s1. The fourth-order valence-corrected chi connectivity index (χ4v) is 4.73. The Morgan fingerprint density at radius 1 is 1.00 bits per heavy atom. The van der Waals surface area contributed by atoms with Crippen LogP contribution in [0.1, 0.15) is 79.6 Å². The summed E-state index contributed by atoms with van der Waals surface area (Å²) < 4.78 is 5.47. The molecule has 4 rings (SSSR count). The Kier molecular flexibility index (Phi) is 3.93. The number of hydrogen-bond donors (Lipinski definition) is 0. The van der Waals surface area contributed by atoms with Gasteiger partial charge in [0.05, 0.1) is 0 Å². The van der Waals surface area contributed by atoms with Crippen LogP contribution in [-0.2, 0) is 12.8 Å². The molecule has 22 heavy (non-hydrogen) atoms. The quantitative estimate of drug-likeness (QED) is 0.794. The first-order valence-corrected chi connectivity index (χ1v) is 9.13. The van der Waals surface area contributed by atoms with E-state index in [1.807, 2.05) is 0 Å². The van der Waals surface area contributed by atoms with Gasteiger partial charge in [-0.3, -0.25) is 4.79 Å². The molecular formula is C18H26N2O2. The van der Waals surface area contributed by atoms with Gasteiger partial charge in [0, 0.05) is 24.6 Å². The highest BCUT2D eigenvalue weighted by Crippen LogP contribution is 2.36. The SMILES string of the molecule is O=C(c1noc2c1CCCC2)N1CCCC[C@@H]2CCCC[C@H]21. The molecule has 2 heterocycles. The fraction of sp³-hybridized carbons (Fsp3) is 0.778. The summed E-state index contributed by atoms with van der Waals surface area (Å²) >= 11 is 0. The van der Waals surface area contributed by atoms with E-state index in [9.17, 15) is 4.79 Å². The first-order chi connectivity index (χ1) is 10.8. The van der Waals surface area contributed by atoms with Crippen molar-refractivity contribution in [1.82, 2.24) is 10.1 Å². The van der Waals surface area contributed by atoms with E-state index >= 15 is 0 Å². The summed E-state index contributed by atoms with van der Waals surface area (Å²) in [6.45, 7) is 0.904. The monoisotopic (exact) mass is 302 g/mol. The largest absolute Gasteiger partial charge is 0.360 e. The lowest BCUT2D eigenvalue weighted by molar-refractivity contribution is 0.0558. The Bertz CT molecular complexity index is 551. The predicted molar refractivity (Wildman–Crippen MR) is 83.8 cm³/mol. The van der Waals surface area contributed by atoms with Crippen molar-refractivity contribution in [2.45, 2.75) is 76.7 Å². The molecule has 1 saturated heterocycles. The van der Waals surface area contributed by atoms with E-state index in [0.717, 1.165) is 50.0 Å². The Morgan fingerprint density at radius 2 is 1.77 bits per heavy atom. The predicted octanol–water partition coefficient (Wildman–Crippen LogP) is 3.74. The third-order valence-corrected chi connectivity index (χ3v) is 5.91. The molecule has 1 amide bonds. The van der Waals surface area contributed by atoms with Crippen molar-refractivity contribution in [2.24, 2.45) is 5.92 Å². The van der Waals surface area contributed by atoms with Gasteiger partial charge in [-0.2, -0.15) is 0 Å². The van der Waals surface area contributed by atoms with Gasteiger partial charge < -0.3 is 9.42 Å². The molecule has 0 spiro atoms. The van der Waals surface area contributed by atoms with Gasteiger partial charge in [-0.25, -0.2) is 0 Å². The van der Waals surface area contributed by atoms with Crippen molar-refractivity contribution in [1.29, 1.82) is 0 Å². The number of likely N-dealkylation sites (tertiary alicyclic amines) is 1. The van der Waals surface area contributed by atoms with E-state index in [-0.39, 0.29) is 5.91 Å². The van der Waals surface area contributed by atoms with E-state index in [1.54, 1.807) is 0 Å². The maximum absolute atomic E-state index is 13.1. The molecule has 1 saturated carbocycles. The molecule has 4 heteroatoms. The highest BCUT2D eigenvalue weighted by molar-refractivity contribution is 5.94. The molecule has 120 valence electrons. The first kappa shape index (κ1) is 14.3. The van der Waals surface area contributed by atoms with Crippen molar-refractivity contribution < 1.29 is 9.32 Å². The maximum atomic E-state index is 13.1. The Labute approximate surface area is 132 Å². The summed E-state index contributed by atoms with van der Waals surface area (Å²) in [6.07, 6.45) is 13.0. The van der Waals surface area contributed by atoms with Crippen molar-refractivity contribution in [3.05, 3.63) is 17.0 Å². The summed E-state index contributed by atoms with van der Waals surface area (Å²) in [5.74, 6) is 1.82. The van der Waals surface area contributed by atoms with Crippen LogP contribution in [0.3, 0.4) is 0 Å². The number of amides is 1. The smallest absolute Gasteiger partial charge is 0.276 e. The number of aryl methyl sites for hydroxylation is 1. The molecule has 0 bridgehead atoms. The third-order valence-electron chi connectivity index (χ3n) is 5.91. The van der Waals surface area contributed by atoms with Crippen LogP contribution in [0.25, 0.3) is 0 Å². The molecule has 0 unspecified atom stereocenters. The van der Waals surface area contributed by atoms with Gasteiger partial charge in [-0.1, -0.05) is 24.4 Å². The molecule has 1 aliphatic heterocycles. The van der Waals surface area contributed by atoms with Gasteiger partial charge >= 0.3 is 0 Å². The van der Waals surface area contributed by atoms with E-state index in [2.05, 4.69) is 10.1 Å². The zero-order valence-corrected chi connectivity index (χ0v) is 13.4. The second-order valence-electron chi connectivity index (χ2n) is 7.25. The molecule has 3 aliphatic rings. The van der Waals surface area contributed by atoms with Gasteiger partial charge in [0.15, 0.2) is 5.69 Å². The van der Waals surface area contributed by atoms with E-state index < -0.39 is 0 Å². The zero-order chi connectivity index (χ0) is 14.9. The molecule has 1 aromatic heterocycles. The molecule has 0 radical (unpaired) electrons. The average Bonchev–Trinajstić information content (AvgIpc) is 2.87. The Balaban J connectivity index is 1.61. The minimum atomic E-state index is 0.144. The average molecular weight is 302 g/mol. The Morgan fingerprint density at radius 3 is 2.68 bits per heavy atom. The number of rotatable bonds is 1. The van der Waals surface area contributed by atoms with E-state index in [1.165, 1.54) is 38.5 Å². The van der Waals surface area contributed by atoms with Crippen LogP contribution < -0.4 is 0 Å². The summed E-state index contributed by atoms with van der Waals surface area (Å²) in [7, 11) is 0. The molecular weight excluding hydrogens is 276 g/mol. The summed E-state index contributed by atoms with van der Waals surface area (Å²) in [6, 6.07) is 0.444. The van der Waals surface area contributed by atoms with Crippen LogP contribution in [0, 0.1) is 5.92 Å². The molecule has 0 N–H and O–H groups in total. The molecule has 2 aliphatic carbocycles. The lowest BCUT2D eigenvalue weighted by Crippen LogP contribution is -2.45. The first-order valence-electron chi connectivity index (χ1n) is 9.13.